The van der Waals surface area contributed by atoms with Gasteiger partial charge in [0.15, 0.2) is 0 Å². The Bertz CT molecular complexity index is 323. The molecule has 1 unspecified atom stereocenters. The van der Waals surface area contributed by atoms with E-state index in [0.717, 1.165) is 12.1 Å². The topological polar surface area (TPSA) is 52.0 Å². The molecule has 4 N–H and O–H groups in total. The monoisotopic (exact) mass is 248 g/mol. The average Bonchev–Trinajstić information content (AvgIpc) is 2.37. The Labute approximate surface area is 112 Å². The summed E-state index contributed by atoms with van der Waals surface area (Å²) in [5.41, 5.74) is 13.9. The van der Waals surface area contributed by atoms with Gasteiger partial charge in [-0.3, -0.25) is 0 Å². The molecular weight excluding hydrogens is 220 g/mol. The summed E-state index contributed by atoms with van der Waals surface area (Å²) in [4.78, 5) is 0. The predicted molar refractivity (Wildman–Crippen MR) is 80.4 cm³/mol. The lowest BCUT2D eigenvalue weighted by atomic mass is 10.00. The van der Waals surface area contributed by atoms with E-state index in [1.807, 2.05) is 18.2 Å². The van der Waals surface area contributed by atoms with Gasteiger partial charge in [-0.05, 0) is 24.1 Å². The van der Waals surface area contributed by atoms with Crippen molar-refractivity contribution in [2.75, 3.05) is 5.73 Å². The fraction of sp³-hybridized carbons (Fsp3) is 0.625. The summed E-state index contributed by atoms with van der Waals surface area (Å²) in [6.07, 6.45) is 10.4. The molecule has 0 spiro atoms. The highest BCUT2D eigenvalue weighted by Gasteiger charge is 2.05. The lowest BCUT2D eigenvalue weighted by Gasteiger charge is -2.12. The van der Waals surface area contributed by atoms with Gasteiger partial charge in [-0.25, -0.2) is 0 Å². The van der Waals surface area contributed by atoms with Crippen LogP contribution in [0.5, 0.6) is 0 Å². The molecule has 0 bridgehead atoms. The molecule has 102 valence electrons. The van der Waals surface area contributed by atoms with Crippen LogP contribution in [-0.4, -0.2) is 0 Å². The maximum atomic E-state index is 6.17. The van der Waals surface area contributed by atoms with Crippen LogP contribution in [0.2, 0.25) is 0 Å². The highest BCUT2D eigenvalue weighted by Crippen LogP contribution is 2.19. The van der Waals surface area contributed by atoms with E-state index in [0.29, 0.717) is 0 Å². The highest BCUT2D eigenvalue weighted by atomic mass is 14.6. The summed E-state index contributed by atoms with van der Waals surface area (Å²) in [7, 11) is 0. The molecule has 0 fully saturated rings. The van der Waals surface area contributed by atoms with Crippen molar-refractivity contribution in [3.63, 3.8) is 0 Å². The van der Waals surface area contributed by atoms with Gasteiger partial charge in [0.2, 0.25) is 0 Å². The van der Waals surface area contributed by atoms with Crippen LogP contribution in [0.15, 0.2) is 24.3 Å². The summed E-state index contributed by atoms with van der Waals surface area (Å²) in [6.45, 7) is 2.25. The molecule has 0 saturated heterocycles. The van der Waals surface area contributed by atoms with Gasteiger partial charge in [0.1, 0.15) is 0 Å². The fourth-order valence-electron chi connectivity index (χ4n) is 2.28. The van der Waals surface area contributed by atoms with E-state index in [4.69, 9.17) is 11.5 Å². The van der Waals surface area contributed by atoms with Crippen molar-refractivity contribution in [3.05, 3.63) is 29.8 Å². The van der Waals surface area contributed by atoms with E-state index in [1.54, 1.807) is 0 Å². The smallest absolute Gasteiger partial charge is 0.0317 e. The molecule has 0 aromatic heterocycles. The van der Waals surface area contributed by atoms with Crippen LogP contribution < -0.4 is 11.5 Å². The Kier molecular flexibility index (Phi) is 7.51. The minimum absolute atomic E-state index is 0.143. The van der Waals surface area contributed by atoms with Crippen molar-refractivity contribution in [3.8, 4) is 0 Å². The first kappa shape index (κ1) is 15.0. The summed E-state index contributed by atoms with van der Waals surface area (Å²) < 4.78 is 0. The maximum absolute atomic E-state index is 6.17. The molecule has 2 nitrogen and oxygen atoms in total. The maximum Gasteiger partial charge on any atom is 0.0317 e. The zero-order valence-electron chi connectivity index (χ0n) is 11.7. The van der Waals surface area contributed by atoms with Crippen LogP contribution in [0.25, 0.3) is 0 Å². The van der Waals surface area contributed by atoms with Gasteiger partial charge in [0.05, 0.1) is 0 Å². The molecule has 1 aromatic rings. The predicted octanol–water partition coefficient (Wildman–Crippen LogP) is 4.41. The molecule has 0 aliphatic rings. The van der Waals surface area contributed by atoms with Gasteiger partial charge < -0.3 is 11.5 Å². The van der Waals surface area contributed by atoms with E-state index in [-0.39, 0.29) is 6.04 Å². The number of nitrogen functional groups attached to an aromatic ring is 1. The van der Waals surface area contributed by atoms with E-state index in [1.165, 1.54) is 50.5 Å². The Hall–Kier alpha value is -1.02. The van der Waals surface area contributed by atoms with Crippen LogP contribution in [0.3, 0.4) is 0 Å². The number of hydrogen-bond acceptors (Lipinski definition) is 2. The Morgan fingerprint density at radius 2 is 1.67 bits per heavy atom. The molecule has 0 aliphatic carbocycles. The number of anilines is 1. The van der Waals surface area contributed by atoms with Gasteiger partial charge >= 0.3 is 0 Å². The second kappa shape index (κ2) is 8.98. The van der Waals surface area contributed by atoms with Crippen molar-refractivity contribution >= 4 is 5.69 Å². The van der Waals surface area contributed by atoms with Crippen LogP contribution in [0.4, 0.5) is 5.69 Å². The van der Waals surface area contributed by atoms with Crippen molar-refractivity contribution in [1.82, 2.24) is 0 Å². The number of rotatable bonds is 9. The minimum Gasteiger partial charge on any atom is -0.399 e. The molecular formula is C16H28N2. The standard InChI is InChI=1S/C16H28N2/c1-2-3-4-5-6-7-8-12-16(18)14-10-9-11-15(17)13-14/h9-11,13,16H,2-8,12,17-18H2,1H3. The van der Waals surface area contributed by atoms with Crippen LogP contribution in [0, 0.1) is 0 Å². The van der Waals surface area contributed by atoms with Crippen molar-refractivity contribution < 1.29 is 0 Å². The lowest BCUT2D eigenvalue weighted by molar-refractivity contribution is 0.541. The Balaban J connectivity index is 2.12. The molecule has 2 heteroatoms. The number of nitrogens with two attached hydrogens (primary N) is 2. The molecule has 18 heavy (non-hydrogen) atoms. The average molecular weight is 248 g/mol. The second-order valence-corrected chi connectivity index (χ2v) is 5.19. The van der Waals surface area contributed by atoms with Gasteiger partial charge in [-0.15, -0.1) is 0 Å². The molecule has 1 rings (SSSR count). The second-order valence-electron chi connectivity index (χ2n) is 5.19. The van der Waals surface area contributed by atoms with Crippen molar-refractivity contribution in [2.45, 2.75) is 64.3 Å². The molecule has 0 heterocycles. The molecule has 0 aliphatic heterocycles. The highest BCUT2D eigenvalue weighted by molar-refractivity contribution is 5.41. The lowest BCUT2D eigenvalue weighted by Crippen LogP contribution is -2.10. The van der Waals surface area contributed by atoms with E-state index < -0.39 is 0 Å². The molecule has 0 radical (unpaired) electrons. The van der Waals surface area contributed by atoms with Gasteiger partial charge in [0.25, 0.3) is 0 Å². The molecule has 1 aromatic carbocycles. The zero-order chi connectivity index (χ0) is 13.2. The molecule has 1 atom stereocenters. The number of benzene rings is 1. The van der Waals surface area contributed by atoms with Crippen LogP contribution >= 0.6 is 0 Å². The summed E-state index contributed by atoms with van der Waals surface area (Å²) >= 11 is 0. The molecule has 0 saturated carbocycles. The van der Waals surface area contributed by atoms with Gasteiger partial charge in [0, 0.05) is 11.7 Å². The first-order chi connectivity index (χ1) is 8.74. The summed E-state index contributed by atoms with van der Waals surface area (Å²) in [5, 5.41) is 0. The Morgan fingerprint density at radius 1 is 1.00 bits per heavy atom. The fourth-order valence-corrected chi connectivity index (χ4v) is 2.28. The summed E-state index contributed by atoms with van der Waals surface area (Å²) in [5.74, 6) is 0. The number of unbranched alkanes of at least 4 members (excludes halogenated alkanes) is 6. The van der Waals surface area contributed by atoms with Gasteiger partial charge in [-0.2, -0.15) is 0 Å². The van der Waals surface area contributed by atoms with Crippen molar-refractivity contribution in [2.24, 2.45) is 5.73 Å². The largest absolute Gasteiger partial charge is 0.399 e. The third-order valence-electron chi connectivity index (χ3n) is 3.46. The third kappa shape index (κ3) is 6.06. The zero-order valence-corrected chi connectivity index (χ0v) is 11.7. The van der Waals surface area contributed by atoms with Crippen molar-refractivity contribution in [1.29, 1.82) is 0 Å². The minimum atomic E-state index is 0.143. The summed E-state index contributed by atoms with van der Waals surface area (Å²) in [6, 6.07) is 8.09. The van der Waals surface area contributed by atoms with Crippen LogP contribution in [-0.2, 0) is 0 Å². The normalized spacial score (nSPS) is 12.6. The SMILES string of the molecule is CCCCCCCCCC(N)c1cccc(N)c1. The quantitative estimate of drug-likeness (QED) is 0.502. The third-order valence-corrected chi connectivity index (χ3v) is 3.46. The van der Waals surface area contributed by atoms with Gasteiger partial charge in [-0.1, -0.05) is 64.0 Å². The molecule has 0 amide bonds. The van der Waals surface area contributed by atoms with E-state index >= 15 is 0 Å². The number of hydrogen-bond donors (Lipinski definition) is 2. The van der Waals surface area contributed by atoms with Crippen LogP contribution in [0.1, 0.15) is 69.9 Å². The first-order valence-corrected chi connectivity index (χ1v) is 7.35. The first-order valence-electron chi connectivity index (χ1n) is 7.35. The Morgan fingerprint density at radius 3 is 2.33 bits per heavy atom. The van der Waals surface area contributed by atoms with E-state index in [2.05, 4.69) is 13.0 Å². The van der Waals surface area contributed by atoms with E-state index in [9.17, 15) is 0 Å².